The zero-order chi connectivity index (χ0) is 24.8. The van der Waals surface area contributed by atoms with Gasteiger partial charge in [-0.2, -0.15) is 4.31 Å². The number of hydrogen-bond acceptors (Lipinski definition) is 6. The molecule has 1 fully saturated rings. The number of hydrogen-bond donors (Lipinski definition) is 1. The Morgan fingerprint density at radius 3 is 2.86 bits per heavy atom. The van der Waals surface area contributed by atoms with Crippen LogP contribution in [0.25, 0.3) is 0 Å². The van der Waals surface area contributed by atoms with Crippen molar-refractivity contribution >= 4 is 49.5 Å². The number of nitrogens with one attached hydrogen (secondary N) is 1. The van der Waals surface area contributed by atoms with Gasteiger partial charge in [0.1, 0.15) is 4.90 Å². The third kappa shape index (κ3) is 6.46. The summed E-state index contributed by atoms with van der Waals surface area (Å²) < 4.78 is 29.1. The zero-order valence-corrected chi connectivity index (χ0v) is 22.5. The van der Waals surface area contributed by atoms with Crippen LogP contribution in [0.5, 0.6) is 0 Å². The number of nitrogens with zero attached hydrogens (tertiary/aromatic N) is 4. The Bertz CT molecular complexity index is 1290. The molecule has 2 aromatic rings. The van der Waals surface area contributed by atoms with Gasteiger partial charge in [0.05, 0.1) is 21.7 Å². The number of halogens is 2. The Labute approximate surface area is 219 Å². The molecule has 1 unspecified atom stereocenters. The number of rotatable bonds is 8. The van der Waals surface area contributed by atoms with Gasteiger partial charge in [0.2, 0.25) is 10.0 Å². The molecule has 1 atom stereocenters. The molecule has 0 amide bonds. The third-order valence-electron chi connectivity index (χ3n) is 5.90. The molecular formula is C25H27BrClN5O2S. The Balaban J connectivity index is 1.59. The summed E-state index contributed by atoms with van der Waals surface area (Å²) in [6.45, 7) is 3.91. The fourth-order valence-electron chi connectivity index (χ4n) is 4.06. The van der Waals surface area contributed by atoms with Gasteiger partial charge < -0.3 is 5.32 Å². The maximum Gasteiger partial charge on any atom is 0.244 e. The molecule has 10 heteroatoms. The molecule has 3 heterocycles. The highest BCUT2D eigenvalue weighted by Crippen LogP contribution is 2.30. The van der Waals surface area contributed by atoms with Crippen molar-refractivity contribution in [2.75, 3.05) is 19.6 Å². The molecule has 2 aliphatic heterocycles. The molecule has 2 aliphatic rings. The lowest BCUT2D eigenvalue weighted by atomic mass is 9.93. The Morgan fingerprint density at radius 1 is 1.31 bits per heavy atom. The maximum atomic E-state index is 13.4. The van der Waals surface area contributed by atoms with E-state index in [1.165, 1.54) is 4.31 Å². The molecule has 0 bridgehead atoms. The van der Waals surface area contributed by atoms with E-state index in [2.05, 4.69) is 31.2 Å². The van der Waals surface area contributed by atoms with Crippen molar-refractivity contribution < 1.29 is 8.42 Å². The standard InChI is InChI=1S/C25H27BrClN5O2S/c1-18(30-14-19-6-4-10-28-13-19)12-23(31-24-16-29-15-21(24)26)20-7-5-11-32(17-20)35(33,34)25-9-3-2-8-22(25)27/h2-4,6,8-10,12-13,15,20,30H,5,7,11,14,16-17H2,1H3/b18-12+,31-23?. The van der Waals surface area contributed by atoms with Crippen LogP contribution >= 0.6 is 27.5 Å². The minimum absolute atomic E-state index is 0.0652. The molecule has 7 nitrogen and oxygen atoms in total. The zero-order valence-electron chi connectivity index (χ0n) is 19.4. The van der Waals surface area contributed by atoms with Gasteiger partial charge in [-0.05, 0) is 65.5 Å². The van der Waals surface area contributed by atoms with Crippen LogP contribution in [0.1, 0.15) is 25.3 Å². The van der Waals surface area contributed by atoms with Crippen LogP contribution in [-0.4, -0.2) is 49.3 Å². The van der Waals surface area contributed by atoms with E-state index in [1.54, 1.807) is 36.7 Å². The van der Waals surface area contributed by atoms with E-state index in [0.717, 1.165) is 40.0 Å². The van der Waals surface area contributed by atoms with E-state index in [-0.39, 0.29) is 15.8 Å². The molecule has 35 heavy (non-hydrogen) atoms. The Kier molecular flexibility index (Phi) is 8.54. The molecule has 0 spiro atoms. The van der Waals surface area contributed by atoms with E-state index in [0.29, 0.717) is 26.2 Å². The van der Waals surface area contributed by atoms with Crippen molar-refractivity contribution in [1.29, 1.82) is 0 Å². The molecule has 0 saturated carbocycles. The first-order chi connectivity index (χ1) is 16.8. The minimum Gasteiger partial charge on any atom is -0.384 e. The number of pyridine rings is 1. The summed E-state index contributed by atoms with van der Waals surface area (Å²) in [5, 5.41) is 3.64. The first kappa shape index (κ1) is 25.8. The highest BCUT2D eigenvalue weighted by Gasteiger charge is 2.33. The molecule has 0 radical (unpaired) electrons. The quantitative estimate of drug-likeness (QED) is 0.450. The van der Waals surface area contributed by atoms with Gasteiger partial charge in [-0.1, -0.05) is 29.8 Å². The number of benzene rings is 1. The van der Waals surface area contributed by atoms with Crippen LogP contribution in [0.2, 0.25) is 5.02 Å². The summed E-state index contributed by atoms with van der Waals surface area (Å²) in [6, 6.07) is 10.5. The van der Waals surface area contributed by atoms with Crippen molar-refractivity contribution in [2.45, 2.75) is 31.2 Å². The van der Waals surface area contributed by atoms with Crippen LogP contribution in [0.4, 0.5) is 0 Å². The van der Waals surface area contributed by atoms with Gasteiger partial charge in [0.25, 0.3) is 0 Å². The van der Waals surface area contributed by atoms with Crippen molar-refractivity contribution in [2.24, 2.45) is 15.9 Å². The normalized spacial score (nSPS) is 19.9. The van der Waals surface area contributed by atoms with Gasteiger partial charge in [-0.25, -0.2) is 8.42 Å². The van der Waals surface area contributed by atoms with Crippen LogP contribution < -0.4 is 5.32 Å². The summed E-state index contributed by atoms with van der Waals surface area (Å²) in [4.78, 5) is 13.5. The number of sulfonamides is 1. The first-order valence-electron chi connectivity index (χ1n) is 11.4. The van der Waals surface area contributed by atoms with Crippen molar-refractivity contribution in [1.82, 2.24) is 14.6 Å². The summed E-state index contributed by atoms with van der Waals surface area (Å²) >= 11 is 9.76. The predicted octanol–water partition coefficient (Wildman–Crippen LogP) is 4.96. The van der Waals surface area contributed by atoms with Gasteiger partial charge in [-0.15, -0.1) is 0 Å². The topological polar surface area (TPSA) is 87.0 Å². The molecular weight excluding hydrogens is 550 g/mol. The second-order valence-corrected chi connectivity index (χ2v) is 11.6. The minimum atomic E-state index is -3.71. The van der Waals surface area contributed by atoms with Gasteiger partial charge in [0, 0.05) is 55.6 Å². The molecule has 0 aliphatic carbocycles. The first-order valence-corrected chi connectivity index (χ1v) is 14.0. The maximum absolute atomic E-state index is 13.4. The molecule has 184 valence electrons. The largest absolute Gasteiger partial charge is 0.384 e. The lowest BCUT2D eigenvalue weighted by Gasteiger charge is -2.32. The van der Waals surface area contributed by atoms with Crippen LogP contribution in [-0.2, 0) is 16.6 Å². The van der Waals surface area contributed by atoms with Crippen LogP contribution in [0.3, 0.4) is 0 Å². The third-order valence-corrected chi connectivity index (χ3v) is 8.93. The summed E-state index contributed by atoms with van der Waals surface area (Å²) in [6.07, 6.45) is 8.91. The highest BCUT2D eigenvalue weighted by molar-refractivity contribution is 9.12. The van der Waals surface area contributed by atoms with E-state index in [4.69, 9.17) is 16.6 Å². The lowest BCUT2D eigenvalue weighted by Crippen LogP contribution is -2.42. The lowest BCUT2D eigenvalue weighted by molar-refractivity contribution is 0.312. The molecule has 1 N–H and O–H groups in total. The Hall–Kier alpha value is -2.33. The molecule has 1 saturated heterocycles. The summed E-state index contributed by atoms with van der Waals surface area (Å²) in [7, 11) is -3.71. The van der Waals surface area contributed by atoms with Gasteiger partial charge in [0.15, 0.2) is 0 Å². The van der Waals surface area contributed by atoms with Crippen molar-refractivity contribution in [3.05, 3.63) is 81.3 Å². The number of aliphatic imine (C=N–C) groups is 2. The van der Waals surface area contributed by atoms with E-state index >= 15 is 0 Å². The molecule has 1 aromatic carbocycles. The van der Waals surface area contributed by atoms with E-state index in [9.17, 15) is 8.42 Å². The van der Waals surface area contributed by atoms with Crippen molar-refractivity contribution in [3.63, 3.8) is 0 Å². The second kappa shape index (κ2) is 11.6. The average Bonchev–Trinajstić information content (AvgIpc) is 3.27. The summed E-state index contributed by atoms with van der Waals surface area (Å²) in [5.74, 6) is -0.0652. The fraction of sp³-hybridized carbons (Fsp3) is 0.320. The number of aromatic nitrogens is 1. The SMILES string of the molecule is C/C(=C\C(=NC1=C(Br)C=NC1)C1CCCN(S(=O)(=O)c2ccccc2Cl)C1)NCc1cccnc1. The average molecular weight is 577 g/mol. The summed E-state index contributed by atoms with van der Waals surface area (Å²) in [5.41, 5.74) is 3.68. The van der Waals surface area contributed by atoms with Gasteiger partial charge in [-0.3, -0.25) is 15.0 Å². The van der Waals surface area contributed by atoms with Crippen LogP contribution in [0.15, 0.2) is 85.6 Å². The molecule has 4 rings (SSSR count). The monoisotopic (exact) mass is 575 g/mol. The second-order valence-electron chi connectivity index (χ2n) is 8.48. The van der Waals surface area contributed by atoms with Crippen LogP contribution in [0, 0.1) is 5.92 Å². The Morgan fingerprint density at radius 2 is 2.14 bits per heavy atom. The van der Waals surface area contributed by atoms with E-state index < -0.39 is 10.0 Å². The number of allylic oxidation sites excluding steroid dienone is 3. The van der Waals surface area contributed by atoms with E-state index in [1.807, 2.05) is 31.3 Å². The van der Waals surface area contributed by atoms with Crippen molar-refractivity contribution in [3.8, 4) is 0 Å². The van der Waals surface area contributed by atoms with Gasteiger partial charge >= 0.3 is 0 Å². The predicted molar refractivity (Wildman–Crippen MR) is 145 cm³/mol. The number of piperidine rings is 1. The highest BCUT2D eigenvalue weighted by atomic mass is 79.9. The fourth-order valence-corrected chi connectivity index (χ4v) is 6.44. The molecule has 1 aromatic heterocycles. The smallest absolute Gasteiger partial charge is 0.244 e.